The number of aliphatic hydroxyl groups is 1. The number of nitrogens with one attached hydrogen (secondary N) is 2. The molecule has 1 aliphatic carbocycles. The smallest absolute Gasteiger partial charge is 0.408 e. The maximum absolute atomic E-state index is 13.4. The Kier molecular flexibility index (Phi) is 12.7. The Labute approximate surface area is 248 Å². The number of nitrogens with zero attached hydrogens (tertiary/aromatic N) is 3. The fourth-order valence-corrected chi connectivity index (χ4v) is 4.87. The second kappa shape index (κ2) is 15.0. The summed E-state index contributed by atoms with van der Waals surface area (Å²) in [6, 6.07) is -1.07. The van der Waals surface area contributed by atoms with E-state index in [0.29, 0.717) is 18.8 Å². The molecule has 0 saturated heterocycles. The average Bonchev–Trinajstić information content (AvgIpc) is 3.23. The van der Waals surface area contributed by atoms with Gasteiger partial charge in [-0.2, -0.15) is 35.5 Å². The largest absolute Gasteiger partial charge is 0.434 e. The molecule has 1 atom stereocenters. The van der Waals surface area contributed by atoms with Gasteiger partial charge in [0, 0.05) is 25.4 Å². The first kappa shape index (κ1) is 35.3. The SMILES string of the molecule is CCn1nc(C(=O)NCC2(O)CCC(C)CC2)c(Cl)c1-c1cnc(NC(C(C)C)C(F)(F)F)cc1OC(F)F.O=S=O. The molecule has 236 valence electrons. The molecule has 2 aromatic rings. The second-order valence-corrected chi connectivity index (χ2v) is 10.9. The number of anilines is 1. The van der Waals surface area contributed by atoms with E-state index < -0.39 is 53.6 Å². The molecular weight excluding hydrogens is 613 g/mol. The van der Waals surface area contributed by atoms with Crippen LogP contribution in [-0.2, 0) is 18.1 Å². The highest BCUT2D eigenvalue weighted by atomic mass is 35.5. The van der Waals surface area contributed by atoms with Crippen LogP contribution < -0.4 is 15.4 Å². The Morgan fingerprint density at radius 3 is 2.38 bits per heavy atom. The minimum absolute atomic E-state index is 0.0128. The van der Waals surface area contributed by atoms with Crippen LogP contribution in [0.25, 0.3) is 11.3 Å². The molecule has 10 nitrogen and oxygen atoms in total. The van der Waals surface area contributed by atoms with Crippen molar-refractivity contribution in [2.24, 2.45) is 11.8 Å². The second-order valence-electron chi connectivity index (χ2n) is 10.3. The average molecular weight is 646 g/mol. The van der Waals surface area contributed by atoms with Crippen molar-refractivity contribution in [1.82, 2.24) is 20.1 Å². The van der Waals surface area contributed by atoms with Crippen LogP contribution in [0.2, 0.25) is 5.02 Å². The van der Waals surface area contributed by atoms with Crippen molar-refractivity contribution in [3.63, 3.8) is 0 Å². The minimum atomic E-state index is -4.62. The van der Waals surface area contributed by atoms with Gasteiger partial charge in [0.2, 0.25) is 0 Å². The lowest BCUT2D eigenvalue weighted by atomic mass is 9.79. The van der Waals surface area contributed by atoms with Crippen molar-refractivity contribution in [1.29, 1.82) is 0 Å². The molecule has 0 spiro atoms. The van der Waals surface area contributed by atoms with Gasteiger partial charge in [0.05, 0.1) is 21.9 Å². The quantitative estimate of drug-likeness (QED) is 0.300. The zero-order chi connectivity index (χ0) is 31.8. The predicted octanol–water partition coefficient (Wildman–Crippen LogP) is 5.22. The van der Waals surface area contributed by atoms with E-state index in [1.54, 1.807) is 6.92 Å². The number of carbonyl (C=O) groups is 1. The Balaban J connectivity index is 0.00000197. The van der Waals surface area contributed by atoms with E-state index in [1.807, 2.05) is 0 Å². The summed E-state index contributed by atoms with van der Waals surface area (Å²) < 4.78 is 89.4. The van der Waals surface area contributed by atoms with Crippen LogP contribution in [0.5, 0.6) is 5.75 Å². The molecule has 17 heteroatoms. The minimum Gasteiger partial charge on any atom is -0.434 e. The van der Waals surface area contributed by atoms with E-state index in [4.69, 9.17) is 20.0 Å². The number of aryl methyl sites for hydroxylation is 1. The fourth-order valence-electron chi connectivity index (χ4n) is 4.55. The Morgan fingerprint density at radius 1 is 1.29 bits per heavy atom. The van der Waals surface area contributed by atoms with Gasteiger partial charge >= 0.3 is 24.4 Å². The van der Waals surface area contributed by atoms with E-state index in [9.17, 15) is 31.9 Å². The zero-order valence-electron chi connectivity index (χ0n) is 23.3. The number of hydrogen-bond acceptors (Lipinski definition) is 8. The topological polar surface area (TPSA) is 135 Å². The van der Waals surface area contributed by atoms with Gasteiger partial charge in [-0.1, -0.05) is 32.4 Å². The van der Waals surface area contributed by atoms with Gasteiger partial charge in [-0.15, -0.1) is 0 Å². The lowest BCUT2D eigenvalue weighted by Crippen LogP contribution is -2.45. The number of rotatable bonds is 10. The van der Waals surface area contributed by atoms with Crippen LogP contribution in [0.4, 0.5) is 27.8 Å². The first-order chi connectivity index (χ1) is 19.6. The lowest BCUT2D eigenvalue weighted by Gasteiger charge is -2.34. The number of hydrogen-bond donors (Lipinski definition) is 3. The summed E-state index contributed by atoms with van der Waals surface area (Å²) in [6.45, 7) is 3.34. The summed E-state index contributed by atoms with van der Waals surface area (Å²) in [5, 5.41) is 19.7. The maximum Gasteiger partial charge on any atom is 0.408 e. The Morgan fingerprint density at radius 2 is 1.88 bits per heavy atom. The van der Waals surface area contributed by atoms with Crippen molar-refractivity contribution in [2.45, 2.75) is 84.4 Å². The molecule has 2 heterocycles. The van der Waals surface area contributed by atoms with Crippen LogP contribution >= 0.6 is 11.6 Å². The van der Waals surface area contributed by atoms with Gasteiger partial charge in [0.1, 0.15) is 17.6 Å². The first-order valence-electron chi connectivity index (χ1n) is 13.0. The molecule has 0 aliphatic heterocycles. The van der Waals surface area contributed by atoms with Crippen molar-refractivity contribution >= 4 is 34.9 Å². The molecule has 1 saturated carbocycles. The molecule has 0 radical (unpaired) electrons. The Hall–Kier alpha value is -2.85. The number of pyridine rings is 1. The fraction of sp³-hybridized carbons (Fsp3) is 0.640. The third kappa shape index (κ3) is 9.33. The van der Waals surface area contributed by atoms with E-state index in [2.05, 4.69) is 32.4 Å². The summed E-state index contributed by atoms with van der Waals surface area (Å²) in [5.41, 5.74) is -1.32. The van der Waals surface area contributed by atoms with E-state index in [1.165, 1.54) is 18.5 Å². The van der Waals surface area contributed by atoms with Gasteiger partial charge in [-0.05, 0) is 44.4 Å². The lowest BCUT2D eigenvalue weighted by molar-refractivity contribution is -0.150. The molecule has 42 heavy (non-hydrogen) atoms. The van der Waals surface area contributed by atoms with Gasteiger partial charge in [-0.3, -0.25) is 9.48 Å². The predicted molar refractivity (Wildman–Crippen MR) is 145 cm³/mol. The van der Waals surface area contributed by atoms with Gasteiger partial charge in [0.25, 0.3) is 5.91 Å². The summed E-state index contributed by atoms with van der Waals surface area (Å²) in [5.74, 6) is -1.90. The normalized spacial score (nSPS) is 19.6. The molecule has 2 aromatic heterocycles. The van der Waals surface area contributed by atoms with E-state index in [0.717, 1.165) is 25.1 Å². The zero-order valence-corrected chi connectivity index (χ0v) is 24.9. The van der Waals surface area contributed by atoms with Crippen LogP contribution in [0.1, 0.15) is 63.9 Å². The van der Waals surface area contributed by atoms with Gasteiger partial charge < -0.3 is 20.5 Å². The molecule has 0 bridgehead atoms. The molecule has 3 N–H and O–H groups in total. The number of alkyl halides is 5. The van der Waals surface area contributed by atoms with Crippen LogP contribution in [0.15, 0.2) is 12.3 Å². The van der Waals surface area contributed by atoms with Crippen molar-refractivity contribution in [3.8, 4) is 17.0 Å². The molecule has 1 aliphatic rings. The number of carbonyl (C=O) groups excluding carboxylic acids is 1. The molecule has 1 amide bonds. The highest BCUT2D eigenvalue weighted by molar-refractivity contribution is 7.51. The Bertz CT molecular complexity index is 1250. The number of ether oxygens (including phenoxy) is 1. The maximum atomic E-state index is 13.4. The molecule has 1 fully saturated rings. The third-order valence-corrected chi connectivity index (χ3v) is 7.21. The third-order valence-electron chi connectivity index (χ3n) is 6.85. The van der Waals surface area contributed by atoms with Gasteiger partial charge in [0.15, 0.2) is 5.69 Å². The summed E-state index contributed by atoms with van der Waals surface area (Å²) in [4.78, 5) is 16.9. The first-order valence-corrected chi connectivity index (χ1v) is 14.1. The summed E-state index contributed by atoms with van der Waals surface area (Å²) in [6.07, 6.45) is -0.864. The monoisotopic (exact) mass is 645 g/mol. The van der Waals surface area contributed by atoms with Crippen LogP contribution in [-0.4, -0.2) is 65.2 Å². The van der Waals surface area contributed by atoms with Crippen molar-refractivity contribution in [3.05, 3.63) is 23.0 Å². The van der Waals surface area contributed by atoms with Crippen molar-refractivity contribution in [2.75, 3.05) is 11.9 Å². The number of halogens is 6. The number of amides is 1. The number of aromatic nitrogens is 3. The molecular formula is C25H33ClF5N5O5S. The van der Waals surface area contributed by atoms with Gasteiger partial charge in [-0.25, -0.2) is 4.98 Å². The molecule has 0 aromatic carbocycles. The standard InChI is InChI=1S/C25H33ClF5N5O3.O2S/c1-5-36-20(18(26)19(35-36)22(37)33-12-24(38)8-6-14(4)7-9-24)15-11-32-17(10-16(15)39-23(27)28)34-21(13(2)3)25(29,30)31;1-3-2/h10-11,13-14,21,23,38H,5-9,12H2,1-4H3,(H,32,34)(H,33,37);. The summed E-state index contributed by atoms with van der Waals surface area (Å²) >= 11 is 5.76. The van der Waals surface area contributed by atoms with E-state index in [-0.39, 0.29) is 40.9 Å². The van der Waals surface area contributed by atoms with E-state index >= 15 is 0 Å². The highest BCUT2D eigenvalue weighted by Crippen LogP contribution is 2.39. The van der Waals surface area contributed by atoms with Crippen molar-refractivity contribution < 1.29 is 45.0 Å². The molecule has 1 unspecified atom stereocenters. The van der Waals surface area contributed by atoms with Crippen LogP contribution in [0, 0.1) is 11.8 Å². The summed E-state index contributed by atoms with van der Waals surface area (Å²) in [7, 11) is 0. The highest BCUT2D eigenvalue weighted by Gasteiger charge is 2.42. The van der Waals surface area contributed by atoms with Crippen LogP contribution in [0.3, 0.4) is 0 Å². The molecule has 3 rings (SSSR count).